The molecule has 0 bridgehead atoms. The molecule has 7 nitrogen and oxygen atoms in total. The molecule has 2 aromatic rings. The van der Waals surface area contributed by atoms with Gasteiger partial charge in [-0.25, -0.2) is 0 Å². The zero-order chi connectivity index (χ0) is 21.4. The second-order valence-corrected chi connectivity index (χ2v) is 9.29. The number of fused-ring (bicyclic) bond motifs is 1. The van der Waals surface area contributed by atoms with Crippen LogP contribution in [-0.2, 0) is 29.1 Å². The van der Waals surface area contributed by atoms with Crippen LogP contribution in [0.1, 0.15) is 67.3 Å². The number of hydrogen-bond donors (Lipinski definition) is 0. The van der Waals surface area contributed by atoms with Crippen LogP contribution in [0.25, 0.3) is 0 Å². The number of carbonyl (C=O) groups excluding carboxylic acids is 2. The zero-order valence-corrected chi connectivity index (χ0v) is 18.3. The summed E-state index contributed by atoms with van der Waals surface area (Å²) in [6.45, 7) is 4.83. The predicted molar refractivity (Wildman–Crippen MR) is 116 cm³/mol. The minimum absolute atomic E-state index is 0.00639. The van der Waals surface area contributed by atoms with E-state index in [0.717, 1.165) is 62.4 Å². The van der Waals surface area contributed by atoms with Crippen LogP contribution in [0.5, 0.6) is 0 Å². The molecule has 4 heterocycles. The normalized spacial score (nSPS) is 23.8. The average molecular weight is 422 g/mol. The first-order chi connectivity index (χ1) is 15.1. The van der Waals surface area contributed by atoms with E-state index in [2.05, 4.69) is 46.0 Å². The first kappa shape index (κ1) is 20.2. The van der Waals surface area contributed by atoms with Crippen LogP contribution in [0.2, 0.25) is 0 Å². The number of aryl methyl sites for hydroxylation is 2. The van der Waals surface area contributed by atoms with Gasteiger partial charge in [0.15, 0.2) is 5.82 Å². The average Bonchev–Trinajstić information content (AvgIpc) is 3.44. The molecule has 0 saturated carbocycles. The van der Waals surface area contributed by atoms with E-state index in [-0.39, 0.29) is 23.8 Å². The van der Waals surface area contributed by atoms with E-state index in [4.69, 9.17) is 0 Å². The van der Waals surface area contributed by atoms with Gasteiger partial charge in [0.1, 0.15) is 5.82 Å². The Bertz CT molecular complexity index is 967. The van der Waals surface area contributed by atoms with Crippen molar-refractivity contribution in [2.45, 2.75) is 71.0 Å². The molecule has 0 N–H and O–H groups in total. The summed E-state index contributed by atoms with van der Waals surface area (Å²) in [4.78, 5) is 29.9. The summed E-state index contributed by atoms with van der Waals surface area (Å²) in [5.41, 5.74) is 2.31. The third-order valence-electron chi connectivity index (χ3n) is 7.03. The highest BCUT2D eigenvalue weighted by Crippen LogP contribution is 2.35. The second-order valence-electron chi connectivity index (χ2n) is 9.29. The van der Waals surface area contributed by atoms with Gasteiger partial charge in [-0.05, 0) is 38.2 Å². The van der Waals surface area contributed by atoms with Crippen LogP contribution < -0.4 is 0 Å². The van der Waals surface area contributed by atoms with Crippen molar-refractivity contribution < 1.29 is 9.59 Å². The van der Waals surface area contributed by atoms with Crippen LogP contribution in [0.3, 0.4) is 0 Å². The van der Waals surface area contributed by atoms with Gasteiger partial charge in [-0.1, -0.05) is 36.2 Å². The third-order valence-corrected chi connectivity index (χ3v) is 7.03. The lowest BCUT2D eigenvalue weighted by Gasteiger charge is -2.27. The molecule has 31 heavy (non-hydrogen) atoms. The topological polar surface area (TPSA) is 71.3 Å². The molecule has 2 saturated heterocycles. The van der Waals surface area contributed by atoms with Crippen LogP contribution in [0.4, 0.5) is 0 Å². The molecule has 3 aliphatic rings. The molecule has 1 aromatic carbocycles. The van der Waals surface area contributed by atoms with Crippen molar-refractivity contribution in [2.75, 3.05) is 13.1 Å². The maximum Gasteiger partial charge on any atom is 0.228 e. The SMILES string of the molecule is Cc1ccc(CN2CC(C(=O)N3CCCC3c3nnc4n3CCCCC4)CC2=O)cc1. The maximum atomic E-state index is 13.5. The number of benzene rings is 1. The minimum atomic E-state index is -0.259. The summed E-state index contributed by atoms with van der Waals surface area (Å²) in [7, 11) is 0. The second kappa shape index (κ2) is 8.44. The quantitative estimate of drug-likeness (QED) is 0.761. The molecule has 3 aliphatic heterocycles. The fraction of sp³-hybridized carbons (Fsp3) is 0.583. The third kappa shape index (κ3) is 3.98. The number of hydrogen-bond acceptors (Lipinski definition) is 4. The highest BCUT2D eigenvalue weighted by Gasteiger charge is 2.41. The first-order valence-corrected chi connectivity index (χ1v) is 11.7. The molecule has 2 fully saturated rings. The Labute approximate surface area is 183 Å². The number of likely N-dealkylation sites (tertiary alicyclic amines) is 2. The molecular weight excluding hydrogens is 390 g/mol. The van der Waals surface area contributed by atoms with Gasteiger partial charge in [-0.2, -0.15) is 0 Å². The Morgan fingerprint density at radius 3 is 2.74 bits per heavy atom. The van der Waals surface area contributed by atoms with E-state index in [1.165, 1.54) is 12.0 Å². The number of rotatable bonds is 4. The number of aromatic nitrogens is 3. The summed E-state index contributed by atoms with van der Waals surface area (Å²) in [5, 5.41) is 8.96. The summed E-state index contributed by atoms with van der Waals surface area (Å²) in [6, 6.07) is 8.24. The van der Waals surface area contributed by atoms with Crippen molar-refractivity contribution in [3.05, 3.63) is 47.0 Å². The molecule has 0 spiro atoms. The van der Waals surface area contributed by atoms with Crippen molar-refractivity contribution in [3.8, 4) is 0 Å². The number of amides is 2. The molecule has 2 amide bonds. The van der Waals surface area contributed by atoms with E-state index >= 15 is 0 Å². The maximum absolute atomic E-state index is 13.5. The van der Waals surface area contributed by atoms with E-state index < -0.39 is 0 Å². The lowest BCUT2D eigenvalue weighted by Crippen LogP contribution is -2.38. The van der Waals surface area contributed by atoms with E-state index in [1.54, 1.807) is 0 Å². The lowest BCUT2D eigenvalue weighted by atomic mass is 10.1. The van der Waals surface area contributed by atoms with Crippen LogP contribution in [-0.4, -0.2) is 49.5 Å². The van der Waals surface area contributed by atoms with E-state index in [0.29, 0.717) is 19.5 Å². The Kier molecular flexibility index (Phi) is 5.50. The Morgan fingerprint density at radius 1 is 1.06 bits per heavy atom. The van der Waals surface area contributed by atoms with Crippen molar-refractivity contribution in [1.29, 1.82) is 0 Å². The standard InChI is InChI=1S/C24H31N5O2/c1-17-8-10-18(11-9-17)15-27-16-19(14-22(27)30)24(31)28-13-5-6-20(28)23-26-25-21-7-3-2-4-12-29(21)23/h8-11,19-20H,2-7,12-16H2,1H3. The van der Waals surface area contributed by atoms with Crippen molar-refractivity contribution >= 4 is 11.8 Å². The summed E-state index contributed by atoms with van der Waals surface area (Å²) < 4.78 is 2.26. The Balaban J connectivity index is 1.29. The van der Waals surface area contributed by atoms with Crippen LogP contribution in [0.15, 0.2) is 24.3 Å². The summed E-state index contributed by atoms with van der Waals surface area (Å²) >= 11 is 0. The molecule has 2 atom stereocenters. The van der Waals surface area contributed by atoms with Crippen molar-refractivity contribution in [1.82, 2.24) is 24.6 Å². The van der Waals surface area contributed by atoms with E-state index in [1.807, 2.05) is 9.80 Å². The number of carbonyl (C=O) groups is 2. The zero-order valence-electron chi connectivity index (χ0n) is 18.3. The van der Waals surface area contributed by atoms with Gasteiger partial charge in [0.2, 0.25) is 11.8 Å². The predicted octanol–water partition coefficient (Wildman–Crippen LogP) is 3.03. The monoisotopic (exact) mass is 421 g/mol. The summed E-state index contributed by atoms with van der Waals surface area (Å²) in [6.07, 6.45) is 6.71. The van der Waals surface area contributed by atoms with Crippen molar-refractivity contribution in [3.63, 3.8) is 0 Å². The molecule has 0 aliphatic carbocycles. The molecule has 5 rings (SSSR count). The Morgan fingerprint density at radius 2 is 1.90 bits per heavy atom. The molecule has 7 heteroatoms. The highest BCUT2D eigenvalue weighted by molar-refractivity contribution is 5.89. The van der Waals surface area contributed by atoms with Crippen molar-refractivity contribution in [2.24, 2.45) is 5.92 Å². The first-order valence-electron chi connectivity index (χ1n) is 11.7. The van der Waals surface area contributed by atoms with Gasteiger partial charge in [0, 0.05) is 39.0 Å². The van der Waals surface area contributed by atoms with Crippen LogP contribution >= 0.6 is 0 Å². The Hall–Kier alpha value is -2.70. The van der Waals surface area contributed by atoms with Gasteiger partial charge >= 0.3 is 0 Å². The molecule has 0 radical (unpaired) electrons. The lowest BCUT2D eigenvalue weighted by molar-refractivity contribution is -0.137. The van der Waals surface area contributed by atoms with Gasteiger partial charge in [0.25, 0.3) is 0 Å². The molecule has 2 unspecified atom stereocenters. The fourth-order valence-electron chi connectivity index (χ4n) is 5.29. The van der Waals surface area contributed by atoms with Gasteiger partial charge in [-0.3, -0.25) is 9.59 Å². The smallest absolute Gasteiger partial charge is 0.228 e. The van der Waals surface area contributed by atoms with E-state index in [9.17, 15) is 9.59 Å². The molecule has 1 aromatic heterocycles. The fourth-order valence-corrected chi connectivity index (χ4v) is 5.29. The van der Waals surface area contributed by atoms with Crippen LogP contribution in [0, 0.1) is 12.8 Å². The highest BCUT2D eigenvalue weighted by atomic mass is 16.2. The van der Waals surface area contributed by atoms with Gasteiger partial charge in [-0.15, -0.1) is 10.2 Å². The summed E-state index contributed by atoms with van der Waals surface area (Å²) in [5.74, 6) is 1.93. The minimum Gasteiger partial charge on any atom is -0.338 e. The van der Waals surface area contributed by atoms with Gasteiger partial charge < -0.3 is 14.4 Å². The number of nitrogens with zero attached hydrogens (tertiary/aromatic N) is 5. The van der Waals surface area contributed by atoms with Gasteiger partial charge in [0.05, 0.1) is 12.0 Å². The molecular formula is C24H31N5O2. The molecule has 164 valence electrons. The largest absolute Gasteiger partial charge is 0.338 e.